The average Bonchev–Trinajstić information content (AvgIpc) is 2.68. The molecule has 1 amide bonds. The van der Waals surface area contributed by atoms with Gasteiger partial charge in [-0.3, -0.25) is 9.59 Å². The third-order valence-corrected chi connectivity index (χ3v) is 3.22. The molecule has 1 aliphatic heterocycles. The Morgan fingerprint density at radius 2 is 2.17 bits per heavy atom. The molecule has 0 aliphatic carbocycles. The molecule has 1 aromatic carbocycles. The highest BCUT2D eigenvalue weighted by atomic mass is 16.5. The number of ether oxygens (including phenoxy) is 1. The average molecular weight is 245 g/mol. The Kier molecular flexibility index (Phi) is 3.19. The van der Waals surface area contributed by atoms with E-state index in [1.807, 2.05) is 25.1 Å². The topological polar surface area (TPSA) is 55.4 Å². The van der Waals surface area contributed by atoms with Gasteiger partial charge in [0.1, 0.15) is 0 Å². The molecule has 0 aromatic heterocycles. The number of anilines is 1. The normalized spacial score (nSPS) is 21.8. The van der Waals surface area contributed by atoms with Gasteiger partial charge in [0.25, 0.3) is 0 Å². The fourth-order valence-corrected chi connectivity index (χ4v) is 2.27. The summed E-state index contributed by atoms with van der Waals surface area (Å²) in [6, 6.07) is 7.20. The molecule has 0 saturated heterocycles. The minimum Gasteiger partial charge on any atom is -0.468 e. The number of amides is 1. The quantitative estimate of drug-likeness (QED) is 0.503. The lowest BCUT2D eigenvalue weighted by molar-refractivity contribution is -0.150. The van der Waals surface area contributed by atoms with Crippen LogP contribution in [0.4, 0.5) is 5.69 Å². The van der Waals surface area contributed by atoms with Crippen LogP contribution in [0, 0.1) is 0 Å². The second-order valence-corrected chi connectivity index (χ2v) is 4.17. The number of carbonyl (C=O) groups excluding carboxylic acids is 2. The zero-order valence-electron chi connectivity index (χ0n) is 10.4. The van der Waals surface area contributed by atoms with Crippen LogP contribution >= 0.6 is 0 Å². The Hall–Kier alpha value is -2.10. The van der Waals surface area contributed by atoms with Crippen LogP contribution in [0.2, 0.25) is 0 Å². The SMILES string of the molecule is C/C=C/CC1(C(=O)OC)C(=O)Nc2ccccc21. The Morgan fingerprint density at radius 1 is 1.44 bits per heavy atom. The first-order chi connectivity index (χ1) is 8.66. The number of para-hydroxylation sites is 1. The first-order valence-corrected chi connectivity index (χ1v) is 5.77. The van der Waals surface area contributed by atoms with Crippen molar-refractivity contribution in [2.75, 3.05) is 12.4 Å². The summed E-state index contributed by atoms with van der Waals surface area (Å²) in [5.41, 5.74) is 0.107. The van der Waals surface area contributed by atoms with E-state index in [9.17, 15) is 9.59 Å². The largest absolute Gasteiger partial charge is 0.468 e. The van der Waals surface area contributed by atoms with Crippen molar-refractivity contribution < 1.29 is 14.3 Å². The van der Waals surface area contributed by atoms with Gasteiger partial charge in [-0.25, -0.2) is 0 Å². The third-order valence-electron chi connectivity index (χ3n) is 3.22. The summed E-state index contributed by atoms with van der Waals surface area (Å²) >= 11 is 0. The monoisotopic (exact) mass is 245 g/mol. The molecule has 4 nitrogen and oxygen atoms in total. The van der Waals surface area contributed by atoms with Gasteiger partial charge in [0.15, 0.2) is 5.41 Å². The van der Waals surface area contributed by atoms with Crippen LogP contribution in [0.3, 0.4) is 0 Å². The standard InChI is InChI=1S/C14H15NO3/c1-3-4-9-14(13(17)18-2)10-7-5-6-8-11(10)15-12(14)16/h3-8H,9H2,1-2H3,(H,15,16)/b4-3+. The molecule has 0 fully saturated rings. The van der Waals surface area contributed by atoms with E-state index in [0.29, 0.717) is 17.7 Å². The molecule has 94 valence electrons. The fraction of sp³-hybridized carbons (Fsp3) is 0.286. The van der Waals surface area contributed by atoms with Crippen LogP contribution in [0.5, 0.6) is 0 Å². The molecule has 1 aliphatic rings. The summed E-state index contributed by atoms with van der Waals surface area (Å²) in [6.45, 7) is 1.85. The van der Waals surface area contributed by atoms with Crippen LogP contribution in [-0.2, 0) is 19.7 Å². The maximum absolute atomic E-state index is 12.2. The minimum atomic E-state index is -1.25. The van der Waals surface area contributed by atoms with E-state index in [1.54, 1.807) is 18.2 Å². The zero-order chi connectivity index (χ0) is 13.2. The van der Waals surface area contributed by atoms with Gasteiger partial charge >= 0.3 is 5.97 Å². The van der Waals surface area contributed by atoms with Crippen molar-refractivity contribution in [3.63, 3.8) is 0 Å². The number of methoxy groups -OCH3 is 1. The van der Waals surface area contributed by atoms with E-state index in [4.69, 9.17) is 4.74 Å². The van der Waals surface area contributed by atoms with E-state index in [1.165, 1.54) is 7.11 Å². The van der Waals surface area contributed by atoms with Gasteiger partial charge in [0.2, 0.25) is 5.91 Å². The van der Waals surface area contributed by atoms with Gasteiger partial charge in [-0.1, -0.05) is 30.4 Å². The van der Waals surface area contributed by atoms with Crippen molar-refractivity contribution >= 4 is 17.6 Å². The van der Waals surface area contributed by atoms with Crippen molar-refractivity contribution in [2.45, 2.75) is 18.8 Å². The Bertz CT molecular complexity index is 512. The van der Waals surface area contributed by atoms with Gasteiger partial charge in [-0.2, -0.15) is 0 Å². The zero-order valence-corrected chi connectivity index (χ0v) is 10.4. The molecule has 1 heterocycles. The van der Waals surface area contributed by atoms with Gasteiger partial charge in [0, 0.05) is 11.3 Å². The summed E-state index contributed by atoms with van der Waals surface area (Å²) < 4.78 is 4.83. The van der Waals surface area contributed by atoms with Gasteiger partial charge in [-0.15, -0.1) is 0 Å². The molecule has 18 heavy (non-hydrogen) atoms. The van der Waals surface area contributed by atoms with E-state index >= 15 is 0 Å². The van der Waals surface area contributed by atoms with Crippen molar-refractivity contribution in [1.82, 2.24) is 0 Å². The number of hydrogen-bond acceptors (Lipinski definition) is 3. The predicted molar refractivity (Wildman–Crippen MR) is 68.2 cm³/mol. The lowest BCUT2D eigenvalue weighted by atomic mass is 9.78. The Balaban J connectivity index is 2.59. The highest BCUT2D eigenvalue weighted by Gasteiger charge is 2.53. The van der Waals surface area contributed by atoms with Crippen LogP contribution < -0.4 is 5.32 Å². The van der Waals surface area contributed by atoms with Crippen LogP contribution in [0.15, 0.2) is 36.4 Å². The van der Waals surface area contributed by atoms with Crippen molar-refractivity contribution in [3.05, 3.63) is 42.0 Å². The fourth-order valence-electron chi connectivity index (χ4n) is 2.27. The van der Waals surface area contributed by atoms with Gasteiger partial charge in [0.05, 0.1) is 7.11 Å². The molecule has 1 aromatic rings. The molecule has 1 unspecified atom stereocenters. The minimum absolute atomic E-state index is 0.305. The number of nitrogens with one attached hydrogen (secondary N) is 1. The van der Waals surface area contributed by atoms with E-state index < -0.39 is 11.4 Å². The van der Waals surface area contributed by atoms with E-state index in [-0.39, 0.29) is 5.91 Å². The molecular weight excluding hydrogens is 230 g/mol. The molecule has 0 saturated carbocycles. The lowest BCUT2D eigenvalue weighted by Gasteiger charge is -2.22. The molecule has 0 bridgehead atoms. The number of benzene rings is 1. The number of fused-ring (bicyclic) bond motifs is 1. The molecule has 0 radical (unpaired) electrons. The first kappa shape index (κ1) is 12.4. The highest BCUT2D eigenvalue weighted by molar-refractivity contribution is 6.19. The number of rotatable bonds is 3. The number of allylic oxidation sites excluding steroid dienone is 2. The summed E-state index contributed by atoms with van der Waals surface area (Å²) in [4.78, 5) is 24.3. The Labute approximate surface area is 106 Å². The molecule has 4 heteroatoms. The molecule has 1 N–H and O–H groups in total. The third kappa shape index (κ3) is 1.61. The van der Waals surface area contributed by atoms with Crippen molar-refractivity contribution in [1.29, 1.82) is 0 Å². The summed E-state index contributed by atoms with van der Waals surface area (Å²) in [5.74, 6) is -0.850. The highest BCUT2D eigenvalue weighted by Crippen LogP contribution is 2.41. The van der Waals surface area contributed by atoms with E-state index in [0.717, 1.165) is 0 Å². The molecule has 1 atom stereocenters. The van der Waals surface area contributed by atoms with Gasteiger partial charge in [-0.05, 0) is 19.4 Å². The second-order valence-electron chi connectivity index (χ2n) is 4.17. The van der Waals surface area contributed by atoms with Crippen LogP contribution in [0.1, 0.15) is 18.9 Å². The number of hydrogen-bond donors (Lipinski definition) is 1. The second kappa shape index (κ2) is 4.64. The summed E-state index contributed by atoms with van der Waals surface area (Å²) in [6.07, 6.45) is 3.93. The Morgan fingerprint density at radius 3 is 2.83 bits per heavy atom. The predicted octanol–water partition coefficient (Wildman–Crippen LogP) is 2.02. The molecule has 0 spiro atoms. The lowest BCUT2D eigenvalue weighted by Crippen LogP contribution is -2.43. The number of carbonyl (C=O) groups is 2. The van der Waals surface area contributed by atoms with Gasteiger partial charge < -0.3 is 10.1 Å². The summed E-state index contributed by atoms with van der Waals surface area (Å²) in [7, 11) is 1.30. The van der Waals surface area contributed by atoms with E-state index in [2.05, 4.69) is 5.32 Å². The summed E-state index contributed by atoms with van der Waals surface area (Å²) in [5, 5.41) is 2.74. The maximum atomic E-state index is 12.2. The smallest absolute Gasteiger partial charge is 0.326 e. The number of esters is 1. The first-order valence-electron chi connectivity index (χ1n) is 5.77. The van der Waals surface area contributed by atoms with Crippen molar-refractivity contribution in [3.8, 4) is 0 Å². The van der Waals surface area contributed by atoms with Crippen LogP contribution in [0.25, 0.3) is 0 Å². The van der Waals surface area contributed by atoms with Crippen LogP contribution in [-0.4, -0.2) is 19.0 Å². The molecule has 2 rings (SSSR count). The van der Waals surface area contributed by atoms with Crippen molar-refractivity contribution in [2.24, 2.45) is 0 Å². The molecular formula is C14H15NO3. The maximum Gasteiger partial charge on any atom is 0.326 e.